The summed E-state index contributed by atoms with van der Waals surface area (Å²) in [4.78, 5) is 14.9. The Balaban J connectivity index is 2.04. The van der Waals surface area contributed by atoms with Crippen LogP contribution < -0.4 is 0 Å². The SMILES string of the molecule is O=C(O)Cc1ccc2oc(-c3cccc(F)c3)nc2c1. The number of halogens is 1. The summed E-state index contributed by atoms with van der Waals surface area (Å²) in [6, 6.07) is 11.0. The van der Waals surface area contributed by atoms with Gasteiger partial charge in [-0.05, 0) is 35.9 Å². The molecule has 0 radical (unpaired) electrons. The van der Waals surface area contributed by atoms with Crippen LogP contribution in [0.25, 0.3) is 22.6 Å². The molecule has 4 nitrogen and oxygen atoms in total. The highest BCUT2D eigenvalue weighted by molar-refractivity contribution is 5.79. The summed E-state index contributed by atoms with van der Waals surface area (Å²) >= 11 is 0. The van der Waals surface area contributed by atoms with E-state index in [9.17, 15) is 9.18 Å². The lowest BCUT2D eigenvalue weighted by Gasteiger charge is -1.94. The molecule has 0 atom stereocenters. The lowest BCUT2D eigenvalue weighted by atomic mass is 10.1. The van der Waals surface area contributed by atoms with Crippen LogP contribution in [0.15, 0.2) is 46.9 Å². The van der Waals surface area contributed by atoms with Gasteiger partial charge in [0.05, 0.1) is 6.42 Å². The van der Waals surface area contributed by atoms with Crippen molar-refractivity contribution in [2.24, 2.45) is 0 Å². The highest BCUT2D eigenvalue weighted by Gasteiger charge is 2.10. The van der Waals surface area contributed by atoms with E-state index in [4.69, 9.17) is 9.52 Å². The summed E-state index contributed by atoms with van der Waals surface area (Å²) in [5.41, 5.74) is 2.28. The van der Waals surface area contributed by atoms with Gasteiger partial charge in [-0.2, -0.15) is 0 Å². The smallest absolute Gasteiger partial charge is 0.307 e. The molecular formula is C15H10FNO3. The zero-order valence-electron chi connectivity index (χ0n) is 10.3. The Morgan fingerprint density at radius 3 is 2.85 bits per heavy atom. The number of carbonyl (C=O) groups is 1. The first-order valence-electron chi connectivity index (χ1n) is 5.99. The van der Waals surface area contributed by atoms with Gasteiger partial charge in [-0.3, -0.25) is 4.79 Å². The standard InChI is InChI=1S/C15H10FNO3/c16-11-3-1-2-10(8-11)15-17-12-6-9(7-14(18)19)4-5-13(12)20-15/h1-6,8H,7H2,(H,18,19). The van der Waals surface area contributed by atoms with Crippen LogP contribution in [0.4, 0.5) is 4.39 Å². The van der Waals surface area contributed by atoms with Gasteiger partial charge < -0.3 is 9.52 Å². The van der Waals surface area contributed by atoms with Crippen molar-refractivity contribution in [1.29, 1.82) is 0 Å². The largest absolute Gasteiger partial charge is 0.481 e. The van der Waals surface area contributed by atoms with Gasteiger partial charge in [-0.1, -0.05) is 12.1 Å². The molecule has 20 heavy (non-hydrogen) atoms. The van der Waals surface area contributed by atoms with Gasteiger partial charge in [0, 0.05) is 5.56 Å². The number of aliphatic carboxylic acids is 1. The Kier molecular flexibility index (Phi) is 2.95. The minimum atomic E-state index is -0.904. The molecule has 1 aromatic heterocycles. The zero-order valence-corrected chi connectivity index (χ0v) is 10.3. The molecule has 1 N–H and O–H groups in total. The number of fused-ring (bicyclic) bond motifs is 1. The van der Waals surface area contributed by atoms with Crippen molar-refractivity contribution in [1.82, 2.24) is 4.98 Å². The first-order valence-corrected chi connectivity index (χ1v) is 5.99. The fraction of sp³-hybridized carbons (Fsp3) is 0.0667. The molecule has 0 aliphatic heterocycles. The third-order valence-corrected chi connectivity index (χ3v) is 2.88. The Morgan fingerprint density at radius 2 is 2.10 bits per heavy atom. The highest BCUT2D eigenvalue weighted by atomic mass is 19.1. The van der Waals surface area contributed by atoms with Crippen molar-refractivity contribution in [3.05, 3.63) is 53.8 Å². The van der Waals surface area contributed by atoms with Gasteiger partial charge in [0.15, 0.2) is 5.58 Å². The molecular weight excluding hydrogens is 261 g/mol. The summed E-state index contributed by atoms with van der Waals surface area (Å²) in [5, 5.41) is 8.77. The Morgan fingerprint density at radius 1 is 1.25 bits per heavy atom. The van der Waals surface area contributed by atoms with Crippen LogP contribution in [0.5, 0.6) is 0 Å². The Bertz CT molecular complexity index is 795. The minimum absolute atomic E-state index is 0.0713. The number of nitrogens with zero attached hydrogens (tertiary/aromatic N) is 1. The third kappa shape index (κ3) is 2.38. The van der Waals surface area contributed by atoms with E-state index in [1.165, 1.54) is 12.1 Å². The van der Waals surface area contributed by atoms with Crippen LogP contribution in [0.1, 0.15) is 5.56 Å². The Hall–Kier alpha value is -2.69. The van der Waals surface area contributed by atoms with E-state index in [1.54, 1.807) is 30.3 Å². The number of carboxylic acids is 1. The fourth-order valence-electron chi connectivity index (χ4n) is 2.00. The number of hydrogen-bond donors (Lipinski definition) is 1. The number of oxazole rings is 1. The number of rotatable bonds is 3. The van der Waals surface area contributed by atoms with Crippen LogP contribution >= 0.6 is 0 Å². The first-order chi connectivity index (χ1) is 9.61. The summed E-state index contributed by atoms with van der Waals surface area (Å²) in [5.74, 6) is -0.957. The maximum absolute atomic E-state index is 13.2. The molecule has 3 aromatic rings. The van der Waals surface area contributed by atoms with Crippen LogP contribution in [0.3, 0.4) is 0 Å². The van der Waals surface area contributed by atoms with Gasteiger partial charge in [-0.15, -0.1) is 0 Å². The molecule has 0 aliphatic rings. The van der Waals surface area contributed by atoms with E-state index < -0.39 is 5.97 Å². The van der Waals surface area contributed by atoms with E-state index in [-0.39, 0.29) is 12.2 Å². The molecule has 0 bridgehead atoms. The number of benzene rings is 2. The normalized spacial score (nSPS) is 10.8. The molecule has 0 saturated carbocycles. The van der Waals surface area contributed by atoms with Crippen LogP contribution in [0.2, 0.25) is 0 Å². The van der Waals surface area contributed by atoms with Gasteiger partial charge in [0.2, 0.25) is 5.89 Å². The van der Waals surface area contributed by atoms with Crippen molar-refractivity contribution < 1.29 is 18.7 Å². The zero-order chi connectivity index (χ0) is 14.1. The lowest BCUT2D eigenvalue weighted by Crippen LogP contribution is -1.99. The van der Waals surface area contributed by atoms with E-state index in [0.717, 1.165) is 0 Å². The average Bonchev–Trinajstić information content (AvgIpc) is 2.81. The Labute approximate surface area is 113 Å². The minimum Gasteiger partial charge on any atom is -0.481 e. The van der Waals surface area contributed by atoms with Gasteiger partial charge >= 0.3 is 5.97 Å². The molecule has 0 spiro atoms. The van der Waals surface area contributed by atoms with Gasteiger partial charge in [0.1, 0.15) is 11.3 Å². The van der Waals surface area contributed by atoms with Crippen molar-refractivity contribution in [3.63, 3.8) is 0 Å². The molecule has 5 heteroatoms. The second-order valence-electron chi connectivity index (χ2n) is 4.40. The topological polar surface area (TPSA) is 63.3 Å². The average molecular weight is 271 g/mol. The van der Waals surface area contributed by atoms with E-state index in [2.05, 4.69) is 4.98 Å². The van der Waals surface area contributed by atoms with Crippen LogP contribution in [0, 0.1) is 5.82 Å². The second-order valence-corrected chi connectivity index (χ2v) is 4.40. The van der Waals surface area contributed by atoms with Crippen LogP contribution in [-0.4, -0.2) is 16.1 Å². The van der Waals surface area contributed by atoms with Crippen molar-refractivity contribution in [3.8, 4) is 11.5 Å². The van der Waals surface area contributed by atoms with E-state index in [1.807, 2.05) is 0 Å². The van der Waals surface area contributed by atoms with Gasteiger partial charge in [-0.25, -0.2) is 9.37 Å². The van der Waals surface area contributed by atoms with Gasteiger partial charge in [0.25, 0.3) is 0 Å². The maximum Gasteiger partial charge on any atom is 0.307 e. The quantitative estimate of drug-likeness (QED) is 0.794. The number of hydrogen-bond acceptors (Lipinski definition) is 3. The molecule has 1 heterocycles. The highest BCUT2D eigenvalue weighted by Crippen LogP contribution is 2.25. The van der Waals surface area contributed by atoms with Crippen molar-refractivity contribution >= 4 is 17.1 Å². The summed E-state index contributed by atoms with van der Waals surface area (Å²) in [6.07, 6.45) is -0.0713. The summed E-state index contributed by atoms with van der Waals surface area (Å²) in [6.45, 7) is 0. The predicted octanol–water partition coefficient (Wildman–Crippen LogP) is 3.26. The molecule has 0 saturated heterocycles. The molecule has 3 rings (SSSR count). The van der Waals surface area contributed by atoms with Crippen molar-refractivity contribution in [2.75, 3.05) is 0 Å². The molecule has 0 aliphatic carbocycles. The lowest BCUT2D eigenvalue weighted by molar-refractivity contribution is -0.136. The summed E-state index contributed by atoms with van der Waals surface area (Å²) < 4.78 is 18.7. The molecule has 2 aromatic carbocycles. The predicted molar refractivity (Wildman–Crippen MR) is 70.7 cm³/mol. The van der Waals surface area contributed by atoms with E-state index in [0.29, 0.717) is 28.1 Å². The summed E-state index contributed by atoms with van der Waals surface area (Å²) in [7, 11) is 0. The second kappa shape index (κ2) is 4.77. The molecule has 0 fully saturated rings. The van der Waals surface area contributed by atoms with Crippen LogP contribution in [-0.2, 0) is 11.2 Å². The van der Waals surface area contributed by atoms with E-state index >= 15 is 0 Å². The number of carboxylic acid groups (broad SMARTS) is 1. The maximum atomic E-state index is 13.2. The molecule has 100 valence electrons. The monoisotopic (exact) mass is 271 g/mol. The molecule has 0 unspecified atom stereocenters. The molecule has 0 amide bonds. The van der Waals surface area contributed by atoms with Crippen molar-refractivity contribution in [2.45, 2.75) is 6.42 Å². The fourth-order valence-corrected chi connectivity index (χ4v) is 2.00. The first kappa shape index (κ1) is 12.3. The number of aromatic nitrogens is 1. The third-order valence-electron chi connectivity index (χ3n) is 2.88.